The van der Waals surface area contributed by atoms with E-state index in [4.69, 9.17) is 5.73 Å². The van der Waals surface area contributed by atoms with E-state index in [-0.39, 0.29) is 23.6 Å². The molecular formula is C22H35N9O2. The number of amides is 2. The highest BCUT2D eigenvalue weighted by atomic mass is 16.2. The molecule has 2 aliphatic heterocycles. The largest absolute Gasteiger partial charge is 0.364 e. The minimum atomic E-state index is -0.656. The summed E-state index contributed by atoms with van der Waals surface area (Å²) in [7, 11) is 1.80. The SMILES string of the molecule is CC.Cn1cc(Nc2nc(N3CCCC(NC(=O)C4CCNCC4)C3)cnc2C(N)=O)cn1. The molecule has 0 spiro atoms. The first-order chi connectivity index (χ1) is 16.0. The monoisotopic (exact) mass is 457 g/mol. The van der Waals surface area contributed by atoms with Gasteiger partial charge in [-0.3, -0.25) is 14.3 Å². The normalized spacial score (nSPS) is 18.8. The van der Waals surface area contributed by atoms with Crippen LogP contribution in [-0.2, 0) is 11.8 Å². The molecule has 2 aliphatic rings. The van der Waals surface area contributed by atoms with Gasteiger partial charge in [0, 0.05) is 38.3 Å². The lowest BCUT2D eigenvalue weighted by atomic mass is 9.96. The van der Waals surface area contributed by atoms with Crippen LogP contribution in [-0.4, -0.2) is 63.8 Å². The second-order valence-electron chi connectivity index (χ2n) is 8.14. The average molecular weight is 458 g/mol. The molecule has 2 fully saturated rings. The Morgan fingerprint density at radius 2 is 1.94 bits per heavy atom. The number of anilines is 3. The number of carbonyl (C=O) groups excluding carboxylic acids is 2. The number of nitrogens with zero attached hydrogens (tertiary/aromatic N) is 5. The maximum Gasteiger partial charge on any atom is 0.271 e. The molecular weight excluding hydrogens is 422 g/mol. The number of aryl methyl sites for hydroxylation is 1. The Balaban J connectivity index is 0.00000149. The second-order valence-corrected chi connectivity index (χ2v) is 8.14. The van der Waals surface area contributed by atoms with Crippen molar-refractivity contribution in [2.45, 2.75) is 45.6 Å². The summed E-state index contributed by atoms with van der Waals surface area (Å²) in [6.45, 7) is 7.23. The number of hydrogen-bond donors (Lipinski definition) is 4. The third-order valence-corrected chi connectivity index (χ3v) is 5.76. The number of aromatic nitrogens is 4. The van der Waals surface area contributed by atoms with E-state index in [2.05, 4.69) is 35.9 Å². The van der Waals surface area contributed by atoms with E-state index in [1.807, 2.05) is 13.8 Å². The van der Waals surface area contributed by atoms with Crippen molar-refractivity contribution in [1.82, 2.24) is 30.4 Å². The molecule has 0 aliphatic carbocycles. The highest BCUT2D eigenvalue weighted by molar-refractivity contribution is 5.96. The van der Waals surface area contributed by atoms with Gasteiger partial charge in [-0.15, -0.1) is 0 Å². The molecule has 4 rings (SSSR count). The maximum atomic E-state index is 12.6. The topological polar surface area (TPSA) is 143 Å². The molecule has 0 radical (unpaired) electrons. The lowest BCUT2D eigenvalue weighted by Crippen LogP contribution is -2.50. The van der Waals surface area contributed by atoms with Crippen LogP contribution in [0.5, 0.6) is 0 Å². The summed E-state index contributed by atoms with van der Waals surface area (Å²) in [5.74, 6) is 0.497. The summed E-state index contributed by atoms with van der Waals surface area (Å²) in [4.78, 5) is 35.4. The van der Waals surface area contributed by atoms with E-state index >= 15 is 0 Å². The third kappa shape index (κ3) is 6.41. The Bertz CT molecular complexity index is 940. The van der Waals surface area contributed by atoms with Gasteiger partial charge in [0.1, 0.15) is 5.82 Å². The van der Waals surface area contributed by atoms with Crippen LogP contribution < -0.4 is 26.6 Å². The highest BCUT2D eigenvalue weighted by Gasteiger charge is 2.27. The number of hydrogen-bond acceptors (Lipinski definition) is 8. The van der Waals surface area contributed by atoms with Crippen LogP contribution in [0.1, 0.15) is 50.0 Å². The molecule has 0 aromatic carbocycles. The fourth-order valence-corrected chi connectivity index (χ4v) is 4.13. The van der Waals surface area contributed by atoms with Crippen LogP contribution in [0.25, 0.3) is 0 Å². The second kappa shape index (κ2) is 11.6. The first-order valence-electron chi connectivity index (χ1n) is 11.7. The number of primary amides is 1. The quantitative estimate of drug-likeness (QED) is 0.506. The molecule has 0 bridgehead atoms. The molecule has 33 heavy (non-hydrogen) atoms. The van der Waals surface area contributed by atoms with E-state index in [1.165, 1.54) is 0 Å². The summed E-state index contributed by atoms with van der Waals surface area (Å²) >= 11 is 0. The Morgan fingerprint density at radius 1 is 1.18 bits per heavy atom. The van der Waals surface area contributed by atoms with Crippen LogP contribution in [0.4, 0.5) is 17.3 Å². The van der Waals surface area contributed by atoms with Crippen molar-refractivity contribution in [3.8, 4) is 0 Å². The summed E-state index contributed by atoms with van der Waals surface area (Å²) in [6.07, 6.45) is 8.59. The Morgan fingerprint density at radius 3 is 2.61 bits per heavy atom. The molecule has 2 amide bonds. The van der Waals surface area contributed by atoms with E-state index < -0.39 is 5.91 Å². The zero-order valence-corrected chi connectivity index (χ0v) is 19.7. The van der Waals surface area contributed by atoms with Gasteiger partial charge in [0.25, 0.3) is 5.91 Å². The van der Waals surface area contributed by atoms with Gasteiger partial charge in [0.05, 0.1) is 18.1 Å². The van der Waals surface area contributed by atoms with Crippen molar-refractivity contribution in [3.05, 3.63) is 24.3 Å². The zero-order valence-electron chi connectivity index (χ0n) is 19.7. The van der Waals surface area contributed by atoms with E-state index in [1.54, 1.807) is 30.3 Å². The average Bonchev–Trinajstić information content (AvgIpc) is 3.25. The van der Waals surface area contributed by atoms with E-state index in [0.717, 1.165) is 45.3 Å². The number of rotatable bonds is 6. The molecule has 2 aromatic heterocycles. The lowest BCUT2D eigenvalue weighted by Gasteiger charge is -2.35. The molecule has 2 saturated heterocycles. The molecule has 11 heteroatoms. The standard InChI is InChI=1S/C20H29N9O2.C2H6/c1-28-11-15(9-24-28)25-19-17(18(21)30)23-10-16(27-19)29-8-2-3-14(12-29)26-20(31)13-4-6-22-7-5-13;1-2/h9-11,13-14,22H,2-8,12H2,1H3,(H2,21,30)(H,25,27)(H,26,31);1-2H3. The van der Waals surface area contributed by atoms with Crippen LogP contribution >= 0.6 is 0 Å². The minimum Gasteiger partial charge on any atom is -0.364 e. The van der Waals surface area contributed by atoms with E-state index in [0.29, 0.717) is 23.9 Å². The smallest absolute Gasteiger partial charge is 0.271 e. The first kappa shape index (κ1) is 24.4. The van der Waals surface area contributed by atoms with Crippen LogP contribution in [0.3, 0.4) is 0 Å². The predicted octanol–water partition coefficient (Wildman–Crippen LogP) is 1.16. The van der Waals surface area contributed by atoms with Crippen molar-refractivity contribution in [2.75, 3.05) is 36.4 Å². The van der Waals surface area contributed by atoms with Gasteiger partial charge in [0.2, 0.25) is 5.91 Å². The summed E-state index contributed by atoms with van der Waals surface area (Å²) in [5.41, 5.74) is 6.23. The van der Waals surface area contributed by atoms with Crippen molar-refractivity contribution in [3.63, 3.8) is 0 Å². The number of carbonyl (C=O) groups is 2. The van der Waals surface area contributed by atoms with Crippen molar-refractivity contribution < 1.29 is 9.59 Å². The Hall–Kier alpha value is -3.21. The number of nitrogens with one attached hydrogen (secondary N) is 3. The molecule has 2 aromatic rings. The minimum absolute atomic E-state index is 0.0588. The summed E-state index contributed by atoms with van der Waals surface area (Å²) in [6, 6.07) is 0.0588. The van der Waals surface area contributed by atoms with Crippen LogP contribution in [0.2, 0.25) is 0 Å². The molecule has 4 heterocycles. The van der Waals surface area contributed by atoms with Crippen molar-refractivity contribution in [2.24, 2.45) is 18.7 Å². The molecule has 5 N–H and O–H groups in total. The lowest BCUT2D eigenvalue weighted by molar-refractivity contribution is -0.126. The van der Waals surface area contributed by atoms with Gasteiger partial charge in [-0.25, -0.2) is 9.97 Å². The predicted molar refractivity (Wildman–Crippen MR) is 127 cm³/mol. The zero-order chi connectivity index (χ0) is 23.8. The highest BCUT2D eigenvalue weighted by Crippen LogP contribution is 2.23. The van der Waals surface area contributed by atoms with Crippen molar-refractivity contribution >= 4 is 29.1 Å². The third-order valence-electron chi connectivity index (χ3n) is 5.76. The van der Waals surface area contributed by atoms with Gasteiger partial charge in [-0.05, 0) is 38.8 Å². The van der Waals surface area contributed by atoms with Crippen LogP contribution in [0.15, 0.2) is 18.6 Å². The van der Waals surface area contributed by atoms with Crippen molar-refractivity contribution in [1.29, 1.82) is 0 Å². The van der Waals surface area contributed by atoms with E-state index in [9.17, 15) is 9.59 Å². The molecule has 1 atom stereocenters. The van der Waals surface area contributed by atoms with Crippen LogP contribution in [0, 0.1) is 5.92 Å². The Kier molecular flexibility index (Phi) is 8.58. The number of piperidine rings is 2. The molecule has 1 unspecified atom stereocenters. The first-order valence-corrected chi connectivity index (χ1v) is 11.7. The Labute approximate surface area is 194 Å². The molecule has 0 saturated carbocycles. The molecule has 180 valence electrons. The summed E-state index contributed by atoms with van der Waals surface area (Å²) in [5, 5.41) is 13.7. The van der Waals surface area contributed by atoms with Gasteiger partial charge in [0.15, 0.2) is 11.5 Å². The van der Waals surface area contributed by atoms with Gasteiger partial charge < -0.3 is 26.6 Å². The fourth-order valence-electron chi connectivity index (χ4n) is 4.13. The van der Waals surface area contributed by atoms with Gasteiger partial charge >= 0.3 is 0 Å². The van der Waals surface area contributed by atoms with Gasteiger partial charge in [-0.1, -0.05) is 13.8 Å². The summed E-state index contributed by atoms with van der Waals surface area (Å²) < 4.78 is 1.64. The molecule has 11 nitrogen and oxygen atoms in total. The number of nitrogens with two attached hydrogens (primary N) is 1. The van der Waals surface area contributed by atoms with Gasteiger partial charge in [-0.2, -0.15) is 5.10 Å². The fraction of sp³-hybridized carbons (Fsp3) is 0.591. The maximum absolute atomic E-state index is 12.6.